The van der Waals surface area contributed by atoms with Crippen molar-refractivity contribution < 1.29 is 9.90 Å². The maximum Gasteiger partial charge on any atom is 0.223 e. The Labute approximate surface area is 126 Å². The normalized spacial score (nSPS) is 38.1. The van der Waals surface area contributed by atoms with Crippen LogP contribution in [0.4, 0.5) is 0 Å². The Morgan fingerprint density at radius 3 is 2.30 bits per heavy atom. The standard InChI is InChI=1S/C16H27NO2S/c18-3-1-4-20-5-2-17-16(19)15-13-7-11-6-12(9-13)10-14(15)8-11/h11-15,18H,1-10H2,(H,17,19). The lowest BCUT2D eigenvalue weighted by Gasteiger charge is -2.53. The Morgan fingerprint density at radius 1 is 1.05 bits per heavy atom. The van der Waals surface area contributed by atoms with Gasteiger partial charge in [-0.05, 0) is 67.9 Å². The number of aliphatic hydroxyl groups excluding tert-OH is 1. The summed E-state index contributed by atoms with van der Waals surface area (Å²) in [6, 6.07) is 0. The Morgan fingerprint density at radius 2 is 1.70 bits per heavy atom. The molecule has 4 rings (SSSR count). The van der Waals surface area contributed by atoms with Gasteiger partial charge in [0.05, 0.1) is 0 Å². The highest BCUT2D eigenvalue weighted by Gasteiger charge is 2.50. The summed E-state index contributed by atoms with van der Waals surface area (Å²) in [5, 5.41) is 11.9. The highest BCUT2D eigenvalue weighted by molar-refractivity contribution is 7.99. The molecule has 0 aliphatic heterocycles. The Bertz CT molecular complexity index is 319. The van der Waals surface area contributed by atoms with Crippen molar-refractivity contribution in [2.45, 2.75) is 38.5 Å². The van der Waals surface area contributed by atoms with E-state index in [2.05, 4.69) is 5.32 Å². The van der Waals surface area contributed by atoms with Crippen LogP contribution in [0.2, 0.25) is 0 Å². The summed E-state index contributed by atoms with van der Waals surface area (Å²) in [5.41, 5.74) is 0. The van der Waals surface area contributed by atoms with Crippen molar-refractivity contribution in [2.75, 3.05) is 24.7 Å². The summed E-state index contributed by atoms with van der Waals surface area (Å²) in [6.45, 7) is 1.06. The van der Waals surface area contributed by atoms with E-state index in [1.54, 1.807) is 0 Å². The van der Waals surface area contributed by atoms with Gasteiger partial charge in [-0.1, -0.05) is 0 Å². The Balaban J connectivity index is 1.41. The van der Waals surface area contributed by atoms with Crippen molar-refractivity contribution >= 4 is 17.7 Å². The first kappa shape index (κ1) is 14.7. The number of carbonyl (C=O) groups is 1. The molecule has 0 spiro atoms. The van der Waals surface area contributed by atoms with Gasteiger partial charge in [-0.3, -0.25) is 4.79 Å². The predicted molar refractivity (Wildman–Crippen MR) is 82.6 cm³/mol. The van der Waals surface area contributed by atoms with Gasteiger partial charge in [0.1, 0.15) is 0 Å². The van der Waals surface area contributed by atoms with Gasteiger partial charge in [0, 0.05) is 24.8 Å². The van der Waals surface area contributed by atoms with Gasteiger partial charge >= 0.3 is 0 Å². The topological polar surface area (TPSA) is 49.3 Å². The molecule has 4 bridgehead atoms. The second kappa shape index (κ2) is 6.69. The van der Waals surface area contributed by atoms with Gasteiger partial charge in [0.15, 0.2) is 0 Å². The number of carbonyl (C=O) groups excluding carboxylic acids is 1. The molecule has 0 unspecified atom stereocenters. The van der Waals surface area contributed by atoms with Crippen LogP contribution in [0.25, 0.3) is 0 Å². The molecule has 0 heterocycles. The summed E-state index contributed by atoms with van der Waals surface area (Å²) >= 11 is 1.82. The Hall–Kier alpha value is -0.220. The van der Waals surface area contributed by atoms with E-state index in [-0.39, 0.29) is 6.61 Å². The number of amides is 1. The quantitative estimate of drug-likeness (QED) is 0.709. The van der Waals surface area contributed by atoms with Gasteiger partial charge in [-0.2, -0.15) is 11.8 Å². The summed E-state index contributed by atoms with van der Waals surface area (Å²) in [6.07, 6.45) is 7.57. The molecular weight excluding hydrogens is 270 g/mol. The van der Waals surface area contributed by atoms with Crippen molar-refractivity contribution in [1.29, 1.82) is 0 Å². The largest absolute Gasteiger partial charge is 0.396 e. The van der Waals surface area contributed by atoms with Gasteiger partial charge < -0.3 is 10.4 Å². The molecule has 0 atom stereocenters. The average molecular weight is 297 g/mol. The van der Waals surface area contributed by atoms with Crippen molar-refractivity contribution in [1.82, 2.24) is 5.32 Å². The lowest BCUT2D eigenvalue weighted by Crippen LogP contribution is -2.51. The van der Waals surface area contributed by atoms with E-state index in [0.717, 1.165) is 36.3 Å². The Kier molecular flexibility index (Phi) is 4.92. The maximum atomic E-state index is 12.5. The van der Waals surface area contributed by atoms with Crippen molar-refractivity contribution in [2.24, 2.45) is 29.6 Å². The number of thioether (sulfide) groups is 1. The van der Waals surface area contributed by atoms with Gasteiger partial charge in [-0.25, -0.2) is 0 Å². The number of nitrogens with one attached hydrogen (secondary N) is 1. The third-order valence-corrected chi connectivity index (χ3v) is 6.59. The van der Waals surface area contributed by atoms with Crippen LogP contribution in [-0.2, 0) is 4.79 Å². The zero-order chi connectivity index (χ0) is 13.9. The molecule has 20 heavy (non-hydrogen) atoms. The zero-order valence-electron chi connectivity index (χ0n) is 12.2. The van der Waals surface area contributed by atoms with Gasteiger partial charge in [-0.15, -0.1) is 0 Å². The second-order valence-corrected chi connectivity index (χ2v) is 8.16. The van der Waals surface area contributed by atoms with Crippen LogP contribution >= 0.6 is 11.8 Å². The summed E-state index contributed by atoms with van der Waals surface area (Å²) in [4.78, 5) is 12.5. The molecule has 0 saturated heterocycles. The first-order chi connectivity index (χ1) is 9.78. The van der Waals surface area contributed by atoms with E-state index in [1.165, 1.54) is 32.1 Å². The van der Waals surface area contributed by atoms with Gasteiger partial charge in [0.25, 0.3) is 0 Å². The van der Waals surface area contributed by atoms with E-state index in [1.807, 2.05) is 11.8 Å². The fraction of sp³-hybridized carbons (Fsp3) is 0.938. The lowest BCUT2D eigenvalue weighted by atomic mass is 9.51. The van der Waals surface area contributed by atoms with Crippen molar-refractivity contribution in [3.05, 3.63) is 0 Å². The molecule has 4 aliphatic carbocycles. The first-order valence-electron chi connectivity index (χ1n) is 8.24. The SMILES string of the molecule is O=C(NCCSCCCO)C1C2CC3CC(C2)CC1C3. The monoisotopic (exact) mass is 297 g/mol. The van der Waals surface area contributed by atoms with Crippen LogP contribution in [0.3, 0.4) is 0 Å². The molecule has 1 amide bonds. The molecule has 0 aromatic rings. The van der Waals surface area contributed by atoms with Crippen LogP contribution in [-0.4, -0.2) is 35.7 Å². The van der Waals surface area contributed by atoms with Crippen molar-refractivity contribution in [3.63, 3.8) is 0 Å². The molecule has 114 valence electrons. The van der Waals surface area contributed by atoms with Crippen LogP contribution in [0.1, 0.15) is 38.5 Å². The van der Waals surface area contributed by atoms with Crippen LogP contribution < -0.4 is 5.32 Å². The third kappa shape index (κ3) is 3.16. The first-order valence-corrected chi connectivity index (χ1v) is 9.39. The van der Waals surface area contributed by atoms with E-state index in [4.69, 9.17) is 5.11 Å². The van der Waals surface area contributed by atoms with Gasteiger partial charge in [0.2, 0.25) is 5.91 Å². The second-order valence-electron chi connectivity index (χ2n) is 6.94. The fourth-order valence-electron chi connectivity index (χ4n) is 4.99. The number of rotatable bonds is 7. The summed E-state index contributed by atoms with van der Waals surface area (Å²) in [7, 11) is 0. The van der Waals surface area contributed by atoms with E-state index in [0.29, 0.717) is 23.7 Å². The van der Waals surface area contributed by atoms with E-state index >= 15 is 0 Å². The molecular formula is C16H27NO2S. The molecule has 4 saturated carbocycles. The lowest BCUT2D eigenvalue weighted by molar-refractivity contribution is -0.137. The summed E-state index contributed by atoms with van der Waals surface area (Å²) in [5.74, 6) is 5.88. The van der Waals surface area contributed by atoms with Crippen molar-refractivity contribution in [3.8, 4) is 0 Å². The molecule has 0 aromatic carbocycles. The smallest absolute Gasteiger partial charge is 0.223 e. The van der Waals surface area contributed by atoms with E-state index in [9.17, 15) is 4.79 Å². The van der Waals surface area contributed by atoms with Crippen LogP contribution in [0.5, 0.6) is 0 Å². The number of hydrogen-bond donors (Lipinski definition) is 2. The zero-order valence-corrected chi connectivity index (χ0v) is 13.0. The van der Waals surface area contributed by atoms with Crippen LogP contribution in [0, 0.1) is 29.6 Å². The molecule has 4 fully saturated rings. The molecule has 4 heteroatoms. The molecule has 4 aliphatic rings. The number of aliphatic hydroxyl groups is 1. The number of hydrogen-bond acceptors (Lipinski definition) is 3. The van der Waals surface area contributed by atoms with Crippen LogP contribution in [0.15, 0.2) is 0 Å². The molecule has 3 nitrogen and oxygen atoms in total. The fourth-order valence-corrected chi connectivity index (χ4v) is 5.77. The molecule has 2 N–H and O–H groups in total. The minimum Gasteiger partial charge on any atom is -0.396 e. The predicted octanol–water partition coefficient (Wildman–Crippen LogP) is 2.29. The molecule has 0 radical (unpaired) electrons. The minimum atomic E-state index is 0.271. The third-order valence-electron chi connectivity index (χ3n) is 5.52. The average Bonchev–Trinajstić information content (AvgIpc) is 2.41. The van der Waals surface area contributed by atoms with E-state index < -0.39 is 0 Å². The summed E-state index contributed by atoms with van der Waals surface area (Å²) < 4.78 is 0. The highest BCUT2D eigenvalue weighted by atomic mass is 32.2. The minimum absolute atomic E-state index is 0.271. The maximum absolute atomic E-state index is 12.5. The highest BCUT2D eigenvalue weighted by Crippen LogP contribution is 2.56. The molecule has 0 aromatic heterocycles.